The summed E-state index contributed by atoms with van der Waals surface area (Å²) < 4.78 is 4.79. The predicted octanol–water partition coefficient (Wildman–Crippen LogP) is 1.51. The Hall–Kier alpha value is -1.20. The summed E-state index contributed by atoms with van der Waals surface area (Å²) in [6.45, 7) is 2.38. The molecule has 18 heavy (non-hydrogen) atoms. The lowest BCUT2D eigenvalue weighted by atomic mass is 9.98. The van der Waals surface area contributed by atoms with Gasteiger partial charge in [-0.05, 0) is 19.4 Å². The molecule has 2 heterocycles. The molecular weight excluding hydrogens is 254 g/mol. The number of halogens is 1. The summed E-state index contributed by atoms with van der Waals surface area (Å²) in [5.74, 6) is -0.147. The molecule has 0 N–H and O–H groups in total. The number of rotatable bonds is 3. The van der Waals surface area contributed by atoms with E-state index in [4.69, 9.17) is 16.3 Å². The third kappa shape index (κ3) is 3.40. The number of hydrogen-bond donors (Lipinski definition) is 0. The van der Waals surface area contributed by atoms with E-state index >= 15 is 0 Å². The van der Waals surface area contributed by atoms with Crippen molar-refractivity contribution < 1.29 is 9.53 Å². The van der Waals surface area contributed by atoms with Crippen LogP contribution in [0, 0.1) is 5.92 Å². The smallest absolute Gasteiger partial charge is 0.309 e. The van der Waals surface area contributed by atoms with Crippen LogP contribution in [0.25, 0.3) is 0 Å². The molecule has 1 aromatic rings. The fraction of sp³-hybridized carbons (Fsp3) is 0.583. The van der Waals surface area contributed by atoms with Gasteiger partial charge in [-0.1, -0.05) is 11.6 Å². The summed E-state index contributed by atoms with van der Waals surface area (Å²) in [6, 6.07) is 0. The maximum absolute atomic E-state index is 11.5. The molecule has 1 fully saturated rings. The maximum atomic E-state index is 11.5. The first kappa shape index (κ1) is 13.2. The Bertz CT molecular complexity index is 410. The van der Waals surface area contributed by atoms with Crippen molar-refractivity contribution in [2.45, 2.75) is 19.4 Å². The van der Waals surface area contributed by atoms with E-state index in [1.165, 1.54) is 7.11 Å². The molecule has 1 aliphatic heterocycles. The third-order valence-corrected chi connectivity index (χ3v) is 3.29. The number of esters is 1. The third-order valence-electron chi connectivity index (χ3n) is 3.10. The minimum atomic E-state index is -0.123. The Kier molecular flexibility index (Phi) is 4.49. The molecule has 0 unspecified atom stereocenters. The number of hydrogen-bond acceptors (Lipinski definition) is 5. The molecule has 1 saturated heterocycles. The molecule has 0 spiro atoms. The van der Waals surface area contributed by atoms with Crippen LogP contribution in [0.3, 0.4) is 0 Å². The van der Waals surface area contributed by atoms with Crippen LogP contribution < -0.4 is 0 Å². The Labute approximate surface area is 111 Å². The number of piperidine rings is 1. The molecule has 1 aromatic heterocycles. The second-order valence-electron chi connectivity index (χ2n) is 4.43. The molecule has 0 aromatic carbocycles. The molecule has 0 saturated carbocycles. The van der Waals surface area contributed by atoms with Crippen LogP contribution in [-0.4, -0.2) is 41.0 Å². The standard InChI is InChI=1S/C12H16ClN3O2/c1-18-12(17)9-3-2-4-16(7-9)8-10-5-15-11(13)6-14-10/h5-6,9H,2-4,7-8H2,1H3/t9-/m0/s1. The molecule has 1 aliphatic rings. The van der Waals surface area contributed by atoms with E-state index in [-0.39, 0.29) is 11.9 Å². The average molecular weight is 270 g/mol. The zero-order chi connectivity index (χ0) is 13.0. The molecule has 0 bridgehead atoms. The van der Waals surface area contributed by atoms with Crippen molar-refractivity contribution in [3.8, 4) is 0 Å². The number of likely N-dealkylation sites (tertiary alicyclic amines) is 1. The Morgan fingerprint density at radius 3 is 3.06 bits per heavy atom. The van der Waals surface area contributed by atoms with Crippen LogP contribution in [0.2, 0.25) is 5.15 Å². The van der Waals surface area contributed by atoms with Gasteiger partial charge in [0.2, 0.25) is 0 Å². The quantitative estimate of drug-likeness (QED) is 0.779. The van der Waals surface area contributed by atoms with E-state index in [1.54, 1.807) is 12.4 Å². The predicted molar refractivity (Wildman–Crippen MR) is 67.1 cm³/mol. The van der Waals surface area contributed by atoms with Crippen LogP contribution in [0.1, 0.15) is 18.5 Å². The largest absolute Gasteiger partial charge is 0.469 e. The average Bonchev–Trinajstić information content (AvgIpc) is 2.41. The van der Waals surface area contributed by atoms with Crippen LogP contribution >= 0.6 is 11.6 Å². The van der Waals surface area contributed by atoms with Crippen molar-refractivity contribution in [3.63, 3.8) is 0 Å². The Morgan fingerprint density at radius 1 is 1.56 bits per heavy atom. The van der Waals surface area contributed by atoms with Gasteiger partial charge in [-0.15, -0.1) is 0 Å². The van der Waals surface area contributed by atoms with Crippen molar-refractivity contribution in [2.75, 3.05) is 20.2 Å². The Balaban J connectivity index is 1.93. The number of ether oxygens (including phenoxy) is 1. The summed E-state index contributed by atoms with van der Waals surface area (Å²) in [6.07, 6.45) is 5.11. The van der Waals surface area contributed by atoms with Gasteiger partial charge in [-0.2, -0.15) is 0 Å². The highest BCUT2D eigenvalue weighted by Gasteiger charge is 2.26. The molecule has 6 heteroatoms. The number of carbonyl (C=O) groups excluding carboxylic acids is 1. The van der Waals surface area contributed by atoms with Gasteiger partial charge in [0.1, 0.15) is 5.15 Å². The molecule has 98 valence electrons. The van der Waals surface area contributed by atoms with E-state index in [0.717, 1.165) is 31.6 Å². The van der Waals surface area contributed by atoms with Crippen molar-refractivity contribution in [1.29, 1.82) is 0 Å². The topological polar surface area (TPSA) is 55.3 Å². The molecule has 2 rings (SSSR count). The lowest BCUT2D eigenvalue weighted by Gasteiger charge is -2.30. The summed E-state index contributed by atoms with van der Waals surface area (Å²) in [4.78, 5) is 21.9. The molecule has 0 amide bonds. The normalized spacial score (nSPS) is 20.7. The van der Waals surface area contributed by atoms with Crippen molar-refractivity contribution in [3.05, 3.63) is 23.2 Å². The second kappa shape index (κ2) is 6.11. The summed E-state index contributed by atoms with van der Waals surface area (Å²) in [7, 11) is 1.44. The monoisotopic (exact) mass is 269 g/mol. The summed E-state index contributed by atoms with van der Waals surface area (Å²) >= 11 is 5.69. The van der Waals surface area contributed by atoms with Gasteiger partial charge >= 0.3 is 5.97 Å². The number of nitrogens with zero attached hydrogens (tertiary/aromatic N) is 3. The van der Waals surface area contributed by atoms with Gasteiger partial charge in [0.15, 0.2) is 0 Å². The molecule has 1 atom stereocenters. The van der Waals surface area contributed by atoms with E-state index in [1.807, 2.05) is 0 Å². The van der Waals surface area contributed by atoms with Crippen LogP contribution in [0.4, 0.5) is 0 Å². The fourth-order valence-electron chi connectivity index (χ4n) is 2.21. The van der Waals surface area contributed by atoms with Crippen molar-refractivity contribution in [1.82, 2.24) is 14.9 Å². The first-order valence-corrected chi connectivity index (χ1v) is 6.33. The van der Waals surface area contributed by atoms with Crippen molar-refractivity contribution in [2.24, 2.45) is 5.92 Å². The van der Waals surface area contributed by atoms with E-state index < -0.39 is 0 Å². The molecule has 5 nitrogen and oxygen atoms in total. The van der Waals surface area contributed by atoms with E-state index in [9.17, 15) is 4.79 Å². The molecule has 0 radical (unpaired) electrons. The molecular formula is C12H16ClN3O2. The second-order valence-corrected chi connectivity index (χ2v) is 4.82. The number of methoxy groups -OCH3 is 1. The Morgan fingerprint density at radius 2 is 2.39 bits per heavy atom. The fourth-order valence-corrected chi connectivity index (χ4v) is 2.31. The maximum Gasteiger partial charge on any atom is 0.309 e. The van der Waals surface area contributed by atoms with Gasteiger partial charge in [0, 0.05) is 13.1 Å². The first-order chi connectivity index (χ1) is 8.69. The van der Waals surface area contributed by atoms with Crippen LogP contribution in [0.5, 0.6) is 0 Å². The first-order valence-electron chi connectivity index (χ1n) is 5.95. The zero-order valence-corrected chi connectivity index (χ0v) is 11.1. The highest BCUT2D eigenvalue weighted by Crippen LogP contribution is 2.19. The zero-order valence-electron chi connectivity index (χ0n) is 10.3. The SMILES string of the molecule is COC(=O)[C@H]1CCCN(Cc2cnc(Cl)cn2)C1. The summed E-state index contributed by atoms with van der Waals surface area (Å²) in [5, 5.41) is 0.393. The van der Waals surface area contributed by atoms with Crippen LogP contribution in [-0.2, 0) is 16.1 Å². The highest BCUT2D eigenvalue weighted by molar-refractivity contribution is 6.29. The minimum absolute atomic E-state index is 0.0241. The lowest BCUT2D eigenvalue weighted by molar-refractivity contribution is -0.147. The van der Waals surface area contributed by atoms with Gasteiger partial charge < -0.3 is 4.74 Å². The van der Waals surface area contributed by atoms with Gasteiger partial charge in [0.05, 0.1) is 31.1 Å². The number of aromatic nitrogens is 2. The minimum Gasteiger partial charge on any atom is -0.469 e. The van der Waals surface area contributed by atoms with Crippen molar-refractivity contribution >= 4 is 17.6 Å². The van der Waals surface area contributed by atoms with Crippen LogP contribution in [0.15, 0.2) is 12.4 Å². The summed E-state index contributed by atoms with van der Waals surface area (Å²) in [5.41, 5.74) is 0.866. The lowest BCUT2D eigenvalue weighted by Crippen LogP contribution is -2.38. The number of carbonyl (C=O) groups is 1. The van der Waals surface area contributed by atoms with Gasteiger partial charge in [-0.3, -0.25) is 14.7 Å². The van der Waals surface area contributed by atoms with E-state index in [0.29, 0.717) is 11.7 Å². The molecule has 0 aliphatic carbocycles. The van der Waals surface area contributed by atoms with Gasteiger partial charge in [0.25, 0.3) is 0 Å². The van der Waals surface area contributed by atoms with Gasteiger partial charge in [-0.25, -0.2) is 4.98 Å². The van der Waals surface area contributed by atoms with E-state index in [2.05, 4.69) is 14.9 Å². The highest BCUT2D eigenvalue weighted by atomic mass is 35.5.